The molecule has 0 aliphatic rings. The van der Waals surface area contributed by atoms with E-state index in [1.165, 1.54) is 24.4 Å². The number of aryl methyl sites for hydroxylation is 1. The zero-order valence-electron chi connectivity index (χ0n) is 22.3. The first kappa shape index (κ1) is 30.6. The molecule has 4 aromatic carbocycles. The van der Waals surface area contributed by atoms with E-state index in [9.17, 15) is 18.0 Å². The molecule has 0 unspecified atom stereocenters. The third kappa shape index (κ3) is 8.32. The highest BCUT2D eigenvalue weighted by molar-refractivity contribution is 7.92. The van der Waals surface area contributed by atoms with E-state index in [0.717, 1.165) is 9.87 Å². The maximum absolute atomic E-state index is 13.5. The number of hydrogen-bond acceptors (Lipinski definition) is 6. The highest BCUT2D eigenvalue weighted by Gasteiger charge is 2.28. The maximum atomic E-state index is 13.5. The molecule has 0 radical (unpaired) electrons. The van der Waals surface area contributed by atoms with Crippen LogP contribution in [-0.2, 0) is 19.6 Å². The molecule has 0 bridgehead atoms. The number of nitrogens with zero attached hydrogens (tertiary/aromatic N) is 2. The van der Waals surface area contributed by atoms with Gasteiger partial charge in [0.2, 0.25) is 0 Å². The summed E-state index contributed by atoms with van der Waals surface area (Å²) in [6.07, 6.45) is 1.39. The second kappa shape index (κ2) is 14.0. The van der Waals surface area contributed by atoms with Crippen LogP contribution in [0.3, 0.4) is 0 Å². The Bertz CT molecular complexity index is 1700. The van der Waals surface area contributed by atoms with Gasteiger partial charge >= 0.3 is 0 Å². The predicted molar refractivity (Wildman–Crippen MR) is 165 cm³/mol. The van der Waals surface area contributed by atoms with Gasteiger partial charge in [-0.1, -0.05) is 59.1 Å². The monoisotopic (exact) mass is 624 g/mol. The number of benzene rings is 4. The molecule has 12 heteroatoms. The minimum atomic E-state index is -4.11. The molecule has 0 fully saturated rings. The number of hydrazone groups is 1. The summed E-state index contributed by atoms with van der Waals surface area (Å²) >= 11 is 12.2. The van der Waals surface area contributed by atoms with Crippen LogP contribution < -0.4 is 19.8 Å². The predicted octanol–water partition coefficient (Wildman–Crippen LogP) is 5.66. The first-order chi connectivity index (χ1) is 20.1. The van der Waals surface area contributed by atoms with Crippen molar-refractivity contribution in [3.8, 4) is 5.75 Å². The molecule has 2 amide bonds. The summed E-state index contributed by atoms with van der Waals surface area (Å²) in [7, 11) is -4.11. The largest absolute Gasteiger partial charge is 0.484 e. The molecule has 0 aromatic heterocycles. The van der Waals surface area contributed by atoms with Gasteiger partial charge in [0.15, 0.2) is 6.61 Å². The van der Waals surface area contributed by atoms with Crippen LogP contribution in [0.25, 0.3) is 0 Å². The molecule has 4 aromatic rings. The topological polar surface area (TPSA) is 117 Å². The fourth-order valence-corrected chi connectivity index (χ4v) is 5.62. The number of sulfonamides is 1. The maximum Gasteiger partial charge on any atom is 0.264 e. The van der Waals surface area contributed by atoms with Gasteiger partial charge in [0, 0.05) is 10.7 Å². The van der Waals surface area contributed by atoms with Crippen LogP contribution in [-0.4, -0.2) is 39.6 Å². The third-order valence-corrected chi connectivity index (χ3v) is 8.11. The number of nitrogens with one attached hydrogen (secondary N) is 2. The van der Waals surface area contributed by atoms with Crippen LogP contribution in [0.4, 0.5) is 11.4 Å². The van der Waals surface area contributed by atoms with E-state index in [4.69, 9.17) is 27.9 Å². The molecule has 42 heavy (non-hydrogen) atoms. The van der Waals surface area contributed by atoms with E-state index < -0.39 is 22.5 Å². The summed E-state index contributed by atoms with van der Waals surface area (Å²) in [4.78, 5) is 24.9. The van der Waals surface area contributed by atoms with Crippen LogP contribution in [0.15, 0.2) is 107 Å². The molecule has 0 aliphatic carbocycles. The molecule has 9 nitrogen and oxygen atoms in total. The molecule has 0 aliphatic heterocycles. The number of halogens is 2. The highest BCUT2D eigenvalue weighted by Crippen LogP contribution is 2.30. The zero-order chi connectivity index (χ0) is 30.1. The zero-order valence-corrected chi connectivity index (χ0v) is 24.7. The van der Waals surface area contributed by atoms with Crippen molar-refractivity contribution < 1.29 is 22.7 Å². The minimum absolute atomic E-state index is 0.0218. The van der Waals surface area contributed by atoms with E-state index in [1.54, 1.807) is 78.9 Å². The Morgan fingerprint density at radius 3 is 2.31 bits per heavy atom. The molecule has 0 heterocycles. The van der Waals surface area contributed by atoms with Crippen molar-refractivity contribution >= 4 is 62.6 Å². The van der Waals surface area contributed by atoms with Crippen molar-refractivity contribution in [3.63, 3.8) is 0 Å². The lowest BCUT2D eigenvalue weighted by molar-refractivity contribution is -0.119. The summed E-state index contributed by atoms with van der Waals surface area (Å²) in [5.41, 5.74) is 4.60. The number of para-hydroxylation sites is 1. The van der Waals surface area contributed by atoms with E-state index in [1.807, 2.05) is 6.92 Å². The molecule has 216 valence electrons. The molecule has 0 saturated heterocycles. The normalized spacial score (nSPS) is 11.2. The highest BCUT2D eigenvalue weighted by atomic mass is 35.5. The summed E-state index contributed by atoms with van der Waals surface area (Å²) in [6, 6.07) is 26.1. The van der Waals surface area contributed by atoms with Crippen LogP contribution in [0.1, 0.15) is 11.1 Å². The Morgan fingerprint density at radius 2 is 1.62 bits per heavy atom. The lowest BCUT2D eigenvalue weighted by Gasteiger charge is -2.24. The van der Waals surface area contributed by atoms with Gasteiger partial charge in [-0.05, 0) is 79.2 Å². The van der Waals surface area contributed by atoms with Crippen molar-refractivity contribution in [1.82, 2.24) is 5.43 Å². The van der Waals surface area contributed by atoms with Gasteiger partial charge in [-0.25, -0.2) is 13.8 Å². The second-order valence-corrected chi connectivity index (χ2v) is 11.7. The molecule has 2 N–H and O–H groups in total. The average Bonchev–Trinajstić information content (AvgIpc) is 2.96. The van der Waals surface area contributed by atoms with Crippen LogP contribution in [0, 0.1) is 6.92 Å². The van der Waals surface area contributed by atoms with Crippen LogP contribution in [0.5, 0.6) is 5.75 Å². The van der Waals surface area contributed by atoms with E-state index in [0.29, 0.717) is 22.0 Å². The van der Waals surface area contributed by atoms with Gasteiger partial charge in [0.05, 0.1) is 21.8 Å². The Labute approximate surface area is 253 Å². The van der Waals surface area contributed by atoms with Crippen molar-refractivity contribution in [2.75, 3.05) is 22.8 Å². The summed E-state index contributed by atoms with van der Waals surface area (Å²) in [6.45, 7) is 1.08. The number of anilines is 2. The molecular formula is C30H26Cl2N4O5S. The van der Waals surface area contributed by atoms with Crippen molar-refractivity contribution in [2.45, 2.75) is 11.8 Å². The first-order valence-electron chi connectivity index (χ1n) is 12.6. The van der Waals surface area contributed by atoms with Gasteiger partial charge in [0.25, 0.3) is 21.8 Å². The summed E-state index contributed by atoms with van der Waals surface area (Å²) in [5.74, 6) is -0.567. The van der Waals surface area contributed by atoms with Crippen LogP contribution >= 0.6 is 23.2 Å². The van der Waals surface area contributed by atoms with Gasteiger partial charge in [0.1, 0.15) is 12.3 Å². The van der Waals surface area contributed by atoms with Crippen LogP contribution in [0.2, 0.25) is 10.0 Å². The Morgan fingerprint density at radius 1 is 0.905 bits per heavy atom. The van der Waals surface area contributed by atoms with Gasteiger partial charge in [-0.3, -0.25) is 13.9 Å². The summed E-state index contributed by atoms with van der Waals surface area (Å²) < 4.78 is 33.4. The Kier molecular flexibility index (Phi) is 10.2. The number of rotatable bonds is 11. The lowest BCUT2D eigenvalue weighted by atomic mass is 10.2. The first-order valence-corrected chi connectivity index (χ1v) is 14.8. The van der Waals surface area contributed by atoms with Crippen molar-refractivity contribution in [2.24, 2.45) is 5.10 Å². The van der Waals surface area contributed by atoms with Gasteiger partial charge in [-0.2, -0.15) is 5.10 Å². The number of hydrogen-bond donors (Lipinski definition) is 2. The molecule has 4 rings (SSSR count). The number of carbonyl (C=O) groups excluding carboxylic acids is 2. The fraction of sp³-hybridized carbons (Fsp3) is 0.100. The Hall–Kier alpha value is -4.38. The molecular weight excluding hydrogens is 599 g/mol. The van der Waals surface area contributed by atoms with E-state index in [2.05, 4.69) is 15.8 Å². The SMILES string of the molecule is Cc1ccc(S(=O)(=O)N(CC(=O)N/N=C\c2ccc(OCC(=O)Nc3cccc(Cl)c3)cc2)c2ccccc2Cl)cc1. The van der Waals surface area contributed by atoms with Gasteiger partial charge in [-0.15, -0.1) is 0 Å². The van der Waals surface area contributed by atoms with Gasteiger partial charge < -0.3 is 10.1 Å². The lowest BCUT2D eigenvalue weighted by Crippen LogP contribution is -2.39. The number of ether oxygens (including phenoxy) is 1. The van der Waals surface area contributed by atoms with Crippen molar-refractivity contribution in [3.05, 3.63) is 118 Å². The average molecular weight is 626 g/mol. The van der Waals surface area contributed by atoms with Crippen molar-refractivity contribution in [1.29, 1.82) is 0 Å². The standard InChI is InChI=1S/C30H26Cl2N4O5S/c1-21-9-15-26(16-10-21)42(39,40)36(28-8-3-2-7-27(28)32)19-29(37)35-33-18-22-11-13-25(14-12-22)41-20-30(38)34-24-6-4-5-23(31)17-24/h2-18H,19-20H2,1H3,(H,34,38)(H,35,37)/b33-18-. The number of carbonyl (C=O) groups is 2. The third-order valence-electron chi connectivity index (χ3n) is 5.78. The molecule has 0 atom stereocenters. The second-order valence-electron chi connectivity index (χ2n) is 8.99. The smallest absolute Gasteiger partial charge is 0.264 e. The summed E-state index contributed by atoms with van der Waals surface area (Å²) in [5, 5.41) is 7.31. The molecule has 0 saturated carbocycles. The van der Waals surface area contributed by atoms with E-state index in [-0.39, 0.29) is 28.1 Å². The number of amides is 2. The Balaban J connectivity index is 1.35. The fourth-order valence-electron chi connectivity index (χ4n) is 3.70. The van der Waals surface area contributed by atoms with E-state index >= 15 is 0 Å². The quantitative estimate of drug-likeness (QED) is 0.165. The molecule has 0 spiro atoms. The minimum Gasteiger partial charge on any atom is -0.484 e.